The Labute approximate surface area is 83.0 Å². The predicted molar refractivity (Wildman–Crippen MR) is 53.9 cm³/mol. The maximum Gasteiger partial charge on any atom is 0.216 e. The van der Waals surface area contributed by atoms with Crippen molar-refractivity contribution in [2.75, 3.05) is 18.4 Å². The Hall–Kier alpha value is -1.65. The number of hydrogen-bond acceptors (Lipinski definition) is 4. The van der Waals surface area contributed by atoms with Gasteiger partial charge in [-0.3, -0.25) is 4.79 Å². The second kappa shape index (κ2) is 5.16. The molecule has 0 saturated heterocycles. The van der Waals surface area contributed by atoms with Gasteiger partial charge in [-0.1, -0.05) is 0 Å². The van der Waals surface area contributed by atoms with Crippen LogP contribution >= 0.6 is 0 Å². The predicted octanol–water partition coefficient (Wildman–Crippen LogP) is 0.333. The second-order valence-corrected chi connectivity index (χ2v) is 2.90. The van der Waals surface area contributed by atoms with Crippen LogP contribution < -0.4 is 10.6 Å². The van der Waals surface area contributed by atoms with Gasteiger partial charge in [-0.2, -0.15) is 0 Å². The van der Waals surface area contributed by atoms with Crippen molar-refractivity contribution < 1.29 is 4.79 Å². The summed E-state index contributed by atoms with van der Waals surface area (Å²) < 4.78 is 0. The Morgan fingerprint density at radius 2 is 2.29 bits per heavy atom. The first-order chi connectivity index (χ1) is 6.68. The summed E-state index contributed by atoms with van der Waals surface area (Å²) in [6.07, 6.45) is 1.70. The summed E-state index contributed by atoms with van der Waals surface area (Å²) in [5.74, 6) is 1.49. The summed E-state index contributed by atoms with van der Waals surface area (Å²) in [7, 11) is 0. The minimum absolute atomic E-state index is 0.0225. The maximum absolute atomic E-state index is 10.5. The number of amides is 1. The second-order valence-electron chi connectivity index (χ2n) is 2.90. The van der Waals surface area contributed by atoms with Gasteiger partial charge in [0.1, 0.15) is 11.6 Å². The molecular weight excluding hydrogens is 180 g/mol. The Balaban J connectivity index is 2.28. The molecule has 0 aliphatic heterocycles. The van der Waals surface area contributed by atoms with Crippen molar-refractivity contribution in [1.29, 1.82) is 0 Å². The molecule has 1 aromatic heterocycles. The summed E-state index contributed by atoms with van der Waals surface area (Å²) >= 11 is 0. The van der Waals surface area contributed by atoms with Crippen molar-refractivity contribution in [3.63, 3.8) is 0 Å². The molecule has 0 unspecified atom stereocenters. The lowest BCUT2D eigenvalue weighted by atomic mass is 10.5. The van der Waals surface area contributed by atoms with Crippen molar-refractivity contribution in [2.24, 2.45) is 0 Å². The highest BCUT2D eigenvalue weighted by Crippen LogP contribution is 1.99. The summed E-state index contributed by atoms with van der Waals surface area (Å²) in [4.78, 5) is 18.7. The van der Waals surface area contributed by atoms with E-state index in [0.29, 0.717) is 13.1 Å². The summed E-state index contributed by atoms with van der Waals surface area (Å²) in [5, 5.41) is 5.76. The molecule has 5 heteroatoms. The van der Waals surface area contributed by atoms with Crippen LogP contribution in [0.5, 0.6) is 0 Å². The van der Waals surface area contributed by atoms with Crippen molar-refractivity contribution in [3.8, 4) is 0 Å². The minimum Gasteiger partial charge on any atom is -0.368 e. The summed E-state index contributed by atoms with van der Waals surface area (Å²) in [5.41, 5.74) is 0. The van der Waals surface area contributed by atoms with Gasteiger partial charge in [-0.15, -0.1) is 0 Å². The van der Waals surface area contributed by atoms with E-state index in [1.165, 1.54) is 6.92 Å². The SMILES string of the molecule is CC(=O)NCCNc1ccnc(C)n1. The zero-order valence-corrected chi connectivity index (χ0v) is 8.37. The third-order valence-corrected chi connectivity index (χ3v) is 1.58. The Morgan fingerprint density at radius 1 is 1.50 bits per heavy atom. The van der Waals surface area contributed by atoms with Gasteiger partial charge in [0.25, 0.3) is 0 Å². The zero-order valence-electron chi connectivity index (χ0n) is 8.37. The highest BCUT2D eigenvalue weighted by molar-refractivity contribution is 5.72. The first-order valence-corrected chi connectivity index (χ1v) is 4.46. The normalized spacial score (nSPS) is 9.57. The highest BCUT2D eigenvalue weighted by atomic mass is 16.1. The number of nitrogens with one attached hydrogen (secondary N) is 2. The molecule has 5 nitrogen and oxygen atoms in total. The largest absolute Gasteiger partial charge is 0.368 e. The summed E-state index contributed by atoms with van der Waals surface area (Å²) in [6, 6.07) is 1.79. The molecule has 0 atom stereocenters. The van der Waals surface area contributed by atoms with E-state index in [0.717, 1.165) is 11.6 Å². The molecule has 2 N–H and O–H groups in total. The molecule has 1 rings (SSSR count). The number of carbonyl (C=O) groups is 1. The molecule has 0 aromatic carbocycles. The number of anilines is 1. The van der Waals surface area contributed by atoms with Crippen LogP contribution in [0.25, 0.3) is 0 Å². The Bertz CT molecular complexity index is 313. The van der Waals surface area contributed by atoms with Crippen molar-refractivity contribution in [2.45, 2.75) is 13.8 Å². The van der Waals surface area contributed by atoms with Gasteiger partial charge in [0, 0.05) is 26.2 Å². The molecule has 0 bridgehead atoms. The van der Waals surface area contributed by atoms with Gasteiger partial charge in [0.2, 0.25) is 5.91 Å². The van der Waals surface area contributed by atoms with Crippen LogP contribution in [0.2, 0.25) is 0 Å². The van der Waals surface area contributed by atoms with E-state index in [1.54, 1.807) is 12.3 Å². The molecule has 14 heavy (non-hydrogen) atoms. The van der Waals surface area contributed by atoms with Gasteiger partial charge in [-0.05, 0) is 13.0 Å². The maximum atomic E-state index is 10.5. The van der Waals surface area contributed by atoms with E-state index in [-0.39, 0.29) is 5.91 Å². The minimum atomic E-state index is -0.0225. The average Bonchev–Trinajstić information content (AvgIpc) is 2.12. The standard InChI is InChI=1S/C9H14N4O/c1-7-10-4-3-9(13-7)12-6-5-11-8(2)14/h3-4H,5-6H2,1-2H3,(H,11,14)(H,10,12,13). The van der Waals surface area contributed by atoms with Crippen LogP contribution in [0.15, 0.2) is 12.3 Å². The smallest absolute Gasteiger partial charge is 0.216 e. The quantitative estimate of drug-likeness (QED) is 0.678. The molecule has 1 heterocycles. The van der Waals surface area contributed by atoms with E-state index in [1.807, 2.05) is 6.92 Å². The highest BCUT2D eigenvalue weighted by Gasteiger charge is 1.94. The van der Waals surface area contributed by atoms with Gasteiger partial charge < -0.3 is 10.6 Å². The van der Waals surface area contributed by atoms with Gasteiger partial charge in [0.15, 0.2) is 0 Å². The molecule has 0 aliphatic carbocycles. The van der Waals surface area contributed by atoms with Crippen LogP contribution in [0.1, 0.15) is 12.7 Å². The number of aryl methyl sites for hydroxylation is 1. The molecule has 0 spiro atoms. The molecule has 1 aromatic rings. The Kier molecular flexibility index (Phi) is 3.84. The van der Waals surface area contributed by atoms with Gasteiger partial charge >= 0.3 is 0 Å². The molecule has 1 amide bonds. The first-order valence-electron chi connectivity index (χ1n) is 4.46. The van der Waals surface area contributed by atoms with E-state index >= 15 is 0 Å². The third-order valence-electron chi connectivity index (χ3n) is 1.58. The number of carbonyl (C=O) groups excluding carboxylic acids is 1. The lowest BCUT2D eigenvalue weighted by Gasteiger charge is -2.05. The Morgan fingerprint density at radius 3 is 2.93 bits per heavy atom. The average molecular weight is 194 g/mol. The number of aromatic nitrogens is 2. The van der Waals surface area contributed by atoms with E-state index in [2.05, 4.69) is 20.6 Å². The zero-order chi connectivity index (χ0) is 10.4. The monoisotopic (exact) mass is 194 g/mol. The van der Waals surface area contributed by atoms with Crippen LogP contribution in [0.4, 0.5) is 5.82 Å². The third kappa shape index (κ3) is 3.84. The van der Waals surface area contributed by atoms with Crippen LogP contribution in [0, 0.1) is 6.92 Å². The molecule has 76 valence electrons. The van der Waals surface area contributed by atoms with Crippen molar-refractivity contribution in [3.05, 3.63) is 18.1 Å². The summed E-state index contributed by atoms with van der Waals surface area (Å²) in [6.45, 7) is 4.59. The lowest BCUT2D eigenvalue weighted by molar-refractivity contribution is -0.118. The van der Waals surface area contributed by atoms with Gasteiger partial charge in [-0.25, -0.2) is 9.97 Å². The lowest BCUT2D eigenvalue weighted by Crippen LogP contribution is -2.26. The fourth-order valence-electron chi connectivity index (χ4n) is 0.984. The van der Waals surface area contributed by atoms with Crippen molar-refractivity contribution >= 4 is 11.7 Å². The topological polar surface area (TPSA) is 66.9 Å². The molecule has 0 fully saturated rings. The van der Waals surface area contributed by atoms with Crippen LogP contribution in [-0.4, -0.2) is 29.0 Å². The van der Waals surface area contributed by atoms with E-state index < -0.39 is 0 Å². The van der Waals surface area contributed by atoms with Crippen LogP contribution in [-0.2, 0) is 4.79 Å². The molecule has 0 aliphatic rings. The fourth-order valence-corrected chi connectivity index (χ4v) is 0.984. The molecule has 0 saturated carbocycles. The number of rotatable bonds is 4. The number of nitrogens with zero attached hydrogens (tertiary/aromatic N) is 2. The molecule has 0 radical (unpaired) electrons. The first kappa shape index (κ1) is 10.4. The number of hydrogen-bond donors (Lipinski definition) is 2. The van der Waals surface area contributed by atoms with E-state index in [4.69, 9.17) is 0 Å². The van der Waals surface area contributed by atoms with Crippen molar-refractivity contribution in [1.82, 2.24) is 15.3 Å². The van der Waals surface area contributed by atoms with E-state index in [9.17, 15) is 4.79 Å². The van der Waals surface area contributed by atoms with Gasteiger partial charge in [0.05, 0.1) is 0 Å². The fraction of sp³-hybridized carbons (Fsp3) is 0.444. The van der Waals surface area contributed by atoms with Crippen LogP contribution in [0.3, 0.4) is 0 Å². The molecular formula is C9H14N4O.